The predicted octanol–water partition coefficient (Wildman–Crippen LogP) is 1.90. The topological polar surface area (TPSA) is 23.6 Å². The Kier molecular flexibility index (Phi) is 4.30. The van der Waals surface area contributed by atoms with E-state index in [2.05, 4.69) is 29.2 Å². The smallest absolute Gasteiger partial charge is 0.236 e. The third-order valence-electron chi connectivity index (χ3n) is 3.23. The number of carbonyl (C=O) groups excluding carboxylic acids is 1. The molecular weight excluding hydrogens is 244 g/mol. The van der Waals surface area contributed by atoms with E-state index < -0.39 is 0 Å². The van der Waals surface area contributed by atoms with E-state index in [1.54, 1.807) is 19.0 Å². The number of hydrogen-bond acceptors (Lipinski definition) is 3. The summed E-state index contributed by atoms with van der Waals surface area (Å²) < 4.78 is 0. The summed E-state index contributed by atoms with van der Waals surface area (Å²) in [7, 11) is 5.63. The number of likely N-dealkylation sites (N-methyl/N-ethyl adjacent to an activating group) is 2. The fraction of sp³-hybridized carbons (Fsp3) is 0.500. The molecule has 0 radical (unpaired) electrons. The molecule has 1 unspecified atom stereocenters. The van der Waals surface area contributed by atoms with Crippen molar-refractivity contribution in [2.24, 2.45) is 0 Å². The Morgan fingerprint density at radius 3 is 2.78 bits per heavy atom. The SMILES string of the molecule is CN(CC(=O)N(C)C)CC1CSc2ccccc21. The predicted molar refractivity (Wildman–Crippen MR) is 76.1 cm³/mol. The van der Waals surface area contributed by atoms with Crippen LogP contribution in [0.15, 0.2) is 29.2 Å². The second-order valence-corrected chi connectivity index (χ2v) is 6.09. The second-order valence-electron chi connectivity index (χ2n) is 5.03. The third-order valence-corrected chi connectivity index (χ3v) is 4.49. The van der Waals surface area contributed by atoms with Gasteiger partial charge >= 0.3 is 0 Å². The summed E-state index contributed by atoms with van der Waals surface area (Å²) in [5.74, 6) is 1.84. The van der Waals surface area contributed by atoms with Crippen LogP contribution in [0.1, 0.15) is 11.5 Å². The maximum Gasteiger partial charge on any atom is 0.236 e. The van der Waals surface area contributed by atoms with Gasteiger partial charge in [-0.25, -0.2) is 0 Å². The molecule has 98 valence electrons. The van der Waals surface area contributed by atoms with Gasteiger partial charge in [0.15, 0.2) is 0 Å². The Balaban J connectivity index is 1.93. The zero-order valence-corrected chi connectivity index (χ0v) is 12.0. The second kappa shape index (κ2) is 5.76. The Labute approximate surface area is 113 Å². The van der Waals surface area contributed by atoms with E-state index in [9.17, 15) is 4.79 Å². The molecule has 4 heteroatoms. The lowest BCUT2D eigenvalue weighted by molar-refractivity contribution is -0.129. The molecule has 0 saturated carbocycles. The number of rotatable bonds is 4. The van der Waals surface area contributed by atoms with Crippen LogP contribution in [0.3, 0.4) is 0 Å². The van der Waals surface area contributed by atoms with Crippen LogP contribution in [-0.4, -0.2) is 55.7 Å². The molecule has 1 heterocycles. The molecule has 0 saturated heterocycles. The zero-order chi connectivity index (χ0) is 13.1. The molecule has 1 aromatic rings. The maximum atomic E-state index is 11.7. The third kappa shape index (κ3) is 3.06. The van der Waals surface area contributed by atoms with Gasteiger partial charge in [-0.1, -0.05) is 18.2 Å². The highest BCUT2D eigenvalue weighted by Crippen LogP contribution is 2.39. The largest absolute Gasteiger partial charge is 0.348 e. The van der Waals surface area contributed by atoms with Gasteiger partial charge in [0.25, 0.3) is 0 Å². The number of carbonyl (C=O) groups is 1. The molecule has 0 N–H and O–H groups in total. The molecule has 2 rings (SSSR count). The molecule has 1 aliphatic rings. The first-order valence-corrected chi connectivity index (χ1v) is 7.17. The maximum absolute atomic E-state index is 11.7. The highest BCUT2D eigenvalue weighted by molar-refractivity contribution is 7.99. The average molecular weight is 264 g/mol. The van der Waals surface area contributed by atoms with Gasteiger partial charge in [-0.3, -0.25) is 9.69 Å². The molecular formula is C14H20N2OS. The summed E-state index contributed by atoms with van der Waals surface area (Å²) >= 11 is 1.92. The van der Waals surface area contributed by atoms with Crippen LogP contribution in [0.5, 0.6) is 0 Å². The van der Waals surface area contributed by atoms with Crippen molar-refractivity contribution in [3.8, 4) is 0 Å². The van der Waals surface area contributed by atoms with Crippen LogP contribution in [0.25, 0.3) is 0 Å². The van der Waals surface area contributed by atoms with Crippen LogP contribution in [0, 0.1) is 0 Å². The lowest BCUT2D eigenvalue weighted by atomic mass is 10.0. The molecule has 1 aromatic carbocycles. The molecule has 0 fully saturated rings. The fourth-order valence-corrected chi connectivity index (χ4v) is 3.44. The van der Waals surface area contributed by atoms with Crippen molar-refractivity contribution in [1.82, 2.24) is 9.80 Å². The van der Waals surface area contributed by atoms with E-state index in [0.29, 0.717) is 12.5 Å². The van der Waals surface area contributed by atoms with Crippen molar-refractivity contribution in [3.63, 3.8) is 0 Å². The van der Waals surface area contributed by atoms with Gasteiger partial charge in [0.1, 0.15) is 0 Å². The van der Waals surface area contributed by atoms with Crippen molar-refractivity contribution < 1.29 is 4.79 Å². The van der Waals surface area contributed by atoms with Gasteiger partial charge in [-0.15, -0.1) is 11.8 Å². The first kappa shape index (κ1) is 13.4. The van der Waals surface area contributed by atoms with Crippen molar-refractivity contribution in [2.45, 2.75) is 10.8 Å². The molecule has 18 heavy (non-hydrogen) atoms. The van der Waals surface area contributed by atoms with E-state index >= 15 is 0 Å². The van der Waals surface area contributed by atoms with Crippen molar-refractivity contribution in [2.75, 3.05) is 40.0 Å². The quantitative estimate of drug-likeness (QED) is 0.830. The molecule has 0 aromatic heterocycles. The van der Waals surface area contributed by atoms with Crippen LogP contribution in [0.4, 0.5) is 0 Å². The lowest BCUT2D eigenvalue weighted by Crippen LogP contribution is -2.36. The summed E-state index contributed by atoms with van der Waals surface area (Å²) in [6, 6.07) is 8.59. The van der Waals surface area contributed by atoms with E-state index in [4.69, 9.17) is 0 Å². The van der Waals surface area contributed by atoms with Gasteiger partial charge in [0.05, 0.1) is 6.54 Å². The number of thioether (sulfide) groups is 1. The van der Waals surface area contributed by atoms with Gasteiger partial charge in [0, 0.05) is 37.2 Å². The monoisotopic (exact) mass is 264 g/mol. The Hall–Kier alpha value is -1.00. The molecule has 1 amide bonds. The zero-order valence-electron chi connectivity index (χ0n) is 11.2. The number of nitrogens with zero attached hydrogens (tertiary/aromatic N) is 2. The summed E-state index contributed by atoms with van der Waals surface area (Å²) in [5.41, 5.74) is 1.44. The van der Waals surface area contributed by atoms with Crippen molar-refractivity contribution >= 4 is 17.7 Å². The van der Waals surface area contributed by atoms with E-state index in [-0.39, 0.29) is 5.91 Å². The molecule has 0 spiro atoms. The fourth-order valence-electron chi connectivity index (χ4n) is 2.19. The minimum Gasteiger partial charge on any atom is -0.348 e. The van der Waals surface area contributed by atoms with Crippen LogP contribution < -0.4 is 0 Å². The minimum atomic E-state index is 0.163. The summed E-state index contributed by atoms with van der Waals surface area (Å²) in [6.07, 6.45) is 0. The van der Waals surface area contributed by atoms with Crippen molar-refractivity contribution in [1.29, 1.82) is 0 Å². The van der Waals surface area contributed by atoms with Crippen molar-refractivity contribution in [3.05, 3.63) is 29.8 Å². The normalized spacial score (nSPS) is 17.9. The van der Waals surface area contributed by atoms with Gasteiger partial charge in [-0.05, 0) is 18.7 Å². The number of benzene rings is 1. The summed E-state index contributed by atoms with van der Waals surface area (Å²) in [6.45, 7) is 1.44. The number of amides is 1. The minimum absolute atomic E-state index is 0.163. The molecule has 1 aliphatic heterocycles. The highest BCUT2D eigenvalue weighted by atomic mass is 32.2. The number of hydrogen-bond donors (Lipinski definition) is 0. The highest BCUT2D eigenvalue weighted by Gasteiger charge is 2.24. The first-order valence-electron chi connectivity index (χ1n) is 6.18. The van der Waals surface area contributed by atoms with Crippen LogP contribution in [0.2, 0.25) is 0 Å². The molecule has 0 aliphatic carbocycles. The Morgan fingerprint density at radius 1 is 1.33 bits per heavy atom. The molecule has 0 bridgehead atoms. The van der Waals surface area contributed by atoms with Crippen LogP contribution >= 0.6 is 11.8 Å². The summed E-state index contributed by atoms with van der Waals surface area (Å²) in [5, 5.41) is 0. The Bertz CT molecular complexity index is 434. The number of fused-ring (bicyclic) bond motifs is 1. The van der Waals surface area contributed by atoms with E-state index in [1.165, 1.54) is 10.5 Å². The van der Waals surface area contributed by atoms with E-state index in [1.807, 2.05) is 18.8 Å². The standard InChI is InChI=1S/C14H20N2OS/c1-15(2)14(17)9-16(3)8-11-10-18-13-7-5-4-6-12(11)13/h4-7,11H,8-10H2,1-3H3. The summed E-state index contributed by atoms with van der Waals surface area (Å²) in [4.78, 5) is 16.8. The van der Waals surface area contributed by atoms with Crippen LogP contribution in [-0.2, 0) is 4.79 Å². The molecule has 3 nitrogen and oxygen atoms in total. The molecule has 1 atom stereocenters. The first-order chi connectivity index (χ1) is 8.58. The van der Waals surface area contributed by atoms with Gasteiger partial charge in [-0.2, -0.15) is 0 Å². The van der Waals surface area contributed by atoms with Gasteiger partial charge in [0.2, 0.25) is 5.91 Å². The van der Waals surface area contributed by atoms with E-state index in [0.717, 1.165) is 12.3 Å². The lowest BCUT2D eigenvalue weighted by Gasteiger charge is -2.22. The Morgan fingerprint density at radius 2 is 2.06 bits per heavy atom. The van der Waals surface area contributed by atoms with Gasteiger partial charge < -0.3 is 4.90 Å². The average Bonchev–Trinajstić information content (AvgIpc) is 2.72.